The zero-order valence-electron chi connectivity index (χ0n) is 6.47. The highest BCUT2D eigenvalue weighted by Gasteiger charge is 2.31. The molecule has 0 aliphatic rings. The van der Waals surface area contributed by atoms with Crippen LogP contribution in [0.4, 0.5) is 13.2 Å². The number of hydrogen-bond donors (Lipinski definition) is 0. The van der Waals surface area contributed by atoms with E-state index in [0.29, 0.717) is 0 Å². The van der Waals surface area contributed by atoms with Crippen LogP contribution in [0.15, 0.2) is 25.3 Å². The van der Waals surface area contributed by atoms with Gasteiger partial charge in [0.05, 0.1) is 0 Å². The molecular formula is C7H10F3NS. The van der Waals surface area contributed by atoms with Gasteiger partial charge in [0, 0.05) is 25.0 Å². The number of alkyl halides is 3. The topological polar surface area (TPSA) is 3.24 Å². The van der Waals surface area contributed by atoms with Gasteiger partial charge in [0.15, 0.2) is 0 Å². The Labute approximate surface area is 74.1 Å². The fourth-order valence-electron chi connectivity index (χ4n) is 0.583. The van der Waals surface area contributed by atoms with Crippen LogP contribution in [0.5, 0.6) is 0 Å². The molecule has 0 saturated heterocycles. The highest BCUT2D eigenvalue weighted by atomic mass is 32.2. The summed E-state index contributed by atoms with van der Waals surface area (Å²) in [5.74, 6) is 0. The molecule has 0 rings (SSSR count). The van der Waals surface area contributed by atoms with Gasteiger partial charge >= 0.3 is 5.51 Å². The number of halogens is 3. The lowest BCUT2D eigenvalue weighted by Gasteiger charge is -2.18. The van der Waals surface area contributed by atoms with Crippen LogP contribution < -0.4 is 0 Å². The zero-order chi connectivity index (χ0) is 9.61. The van der Waals surface area contributed by atoms with E-state index in [1.54, 1.807) is 0 Å². The van der Waals surface area contributed by atoms with Crippen LogP contribution in [0.2, 0.25) is 0 Å². The molecule has 0 saturated carbocycles. The number of rotatable bonds is 5. The molecule has 0 aliphatic carbocycles. The smallest absolute Gasteiger partial charge is 0.236 e. The summed E-state index contributed by atoms with van der Waals surface area (Å²) in [5, 5.41) is 0. The summed E-state index contributed by atoms with van der Waals surface area (Å²) in [5.41, 5.74) is -4.23. The molecule has 0 unspecified atom stereocenters. The van der Waals surface area contributed by atoms with Gasteiger partial charge in [-0.25, -0.2) is 4.31 Å². The predicted octanol–water partition coefficient (Wildman–Crippen LogP) is 2.83. The Morgan fingerprint density at radius 1 is 1.17 bits per heavy atom. The maximum absolute atomic E-state index is 11.8. The van der Waals surface area contributed by atoms with Crippen molar-refractivity contribution in [2.45, 2.75) is 5.51 Å². The first-order valence-electron chi connectivity index (χ1n) is 3.22. The highest BCUT2D eigenvalue weighted by Crippen LogP contribution is 2.32. The van der Waals surface area contributed by atoms with Crippen molar-refractivity contribution in [3.05, 3.63) is 25.3 Å². The van der Waals surface area contributed by atoms with E-state index < -0.39 is 5.51 Å². The van der Waals surface area contributed by atoms with Gasteiger partial charge in [0.2, 0.25) is 0 Å². The molecule has 0 N–H and O–H groups in total. The van der Waals surface area contributed by atoms with Crippen molar-refractivity contribution in [3.8, 4) is 0 Å². The summed E-state index contributed by atoms with van der Waals surface area (Å²) in [7, 11) is 0. The minimum Gasteiger partial charge on any atom is -0.236 e. The third-order valence-corrected chi connectivity index (χ3v) is 1.66. The van der Waals surface area contributed by atoms with E-state index in [-0.39, 0.29) is 25.0 Å². The van der Waals surface area contributed by atoms with Crippen molar-refractivity contribution in [1.29, 1.82) is 0 Å². The van der Waals surface area contributed by atoms with E-state index in [9.17, 15) is 13.2 Å². The van der Waals surface area contributed by atoms with Crippen molar-refractivity contribution in [2.75, 3.05) is 13.1 Å². The van der Waals surface area contributed by atoms with Gasteiger partial charge in [-0.05, 0) is 0 Å². The minimum atomic E-state index is -4.23. The largest absolute Gasteiger partial charge is 0.456 e. The predicted molar refractivity (Wildman–Crippen MR) is 45.6 cm³/mol. The second-order valence-electron chi connectivity index (χ2n) is 1.96. The zero-order valence-corrected chi connectivity index (χ0v) is 7.29. The van der Waals surface area contributed by atoms with Crippen LogP contribution in [-0.4, -0.2) is 22.9 Å². The maximum atomic E-state index is 11.8. The number of nitrogens with zero attached hydrogens (tertiary/aromatic N) is 1. The van der Waals surface area contributed by atoms with Crippen LogP contribution in [0.1, 0.15) is 0 Å². The molecule has 70 valence electrons. The molecule has 0 aromatic rings. The number of hydrogen-bond acceptors (Lipinski definition) is 2. The summed E-state index contributed by atoms with van der Waals surface area (Å²) < 4.78 is 36.5. The van der Waals surface area contributed by atoms with Crippen LogP contribution in [0.3, 0.4) is 0 Å². The maximum Gasteiger partial charge on any atom is 0.456 e. The molecule has 0 aromatic carbocycles. The van der Waals surface area contributed by atoms with E-state index in [1.807, 2.05) is 0 Å². The Morgan fingerprint density at radius 2 is 1.58 bits per heavy atom. The SMILES string of the molecule is C=CCN(CC=C)SC(F)(F)F. The molecule has 12 heavy (non-hydrogen) atoms. The molecule has 0 heterocycles. The van der Waals surface area contributed by atoms with Crippen LogP contribution in [0, 0.1) is 0 Å². The van der Waals surface area contributed by atoms with Crippen molar-refractivity contribution in [2.24, 2.45) is 0 Å². The lowest BCUT2D eigenvalue weighted by molar-refractivity contribution is -0.0359. The van der Waals surface area contributed by atoms with E-state index in [1.165, 1.54) is 12.2 Å². The van der Waals surface area contributed by atoms with E-state index in [2.05, 4.69) is 13.2 Å². The molecule has 0 aliphatic heterocycles. The molecule has 1 nitrogen and oxygen atoms in total. The molecular weight excluding hydrogens is 187 g/mol. The monoisotopic (exact) mass is 197 g/mol. The Kier molecular flexibility index (Phi) is 5.08. The second kappa shape index (κ2) is 5.27. The highest BCUT2D eigenvalue weighted by molar-refractivity contribution is 7.97. The van der Waals surface area contributed by atoms with E-state index in [0.717, 1.165) is 4.31 Å². The van der Waals surface area contributed by atoms with Gasteiger partial charge in [-0.3, -0.25) is 0 Å². The summed E-state index contributed by atoms with van der Waals surface area (Å²) in [6, 6.07) is 0. The van der Waals surface area contributed by atoms with Crippen LogP contribution in [0.25, 0.3) is 0 Å². The first-order valence-corrected chi connectivity index (χ1v) is 3.99. The minimum absolute atomic E-state index is 0.158. The molecule has 0 fully saturated rings. The quantitative estimate of drug-likeness (QED) is 0.492. The van der Waals surface area contributed by atoms with E-state index >= 15 is 0 Å². The molecule has 5 heteroatoms. The molecule has 0 atom stereocenters. The van der Waals surface area contributed by atoms with Crippen LogP contribution >= 0.6 is 11.9 Å². The average Bonchev–Trinajstić information content (AvgIpc) is 1.84. The normalized spacial score (nSPS) is 11.7. The first kappa shape index (κ1) is 11.6. The fourth-order valence-corrected chi connectivity index (χ4v) is 1.24. The second-order valence-corrected chi connectivity index (χ2v) is 3.12. The standard InChI is InChI=1S/C7H10F3NS/c1-3-5-11(6-4-2)12-7(8,9)10/h3-4H,1-2,5-6H2. The van der Waals surface area contributed by atoms with Crippen molar-refractivity contribution in [1.82, 2.24) is 4.31 Å². The van der Waals surface area contributed by atoms with Gasteiger partial charge in [-0.15, -0.1) is 13.2 Å². The van der Waals surface area contributed by atoms with Gasteiger partial charge in [0.1, 0.15) is 0 Å². The third kappa shape index (κ3) is 6.30. The molecule has 0 bridgehead atoms. The summed E-state index contributed by atoms with van der Waals surface area (Å²) >= 11 is -0.158. The van der Waals surface area contributed by atoms with Crippen LogP contribution in [-0.2, 0) is 0 Å². The van der Waals surface area contributed by atoms with Gasteiger partial charge in [-0.1, -0.05) is 12.2 Å². The molecule has 0 radical (unpaired) electrons. The molecule has 0 spiro atoms. The first-order chi connectivity index (χ1) is 5.49. The summed E-state index contributed by atoms with van der Waals surface area (Å²) in [6.07, 6.45) is 2.84. The van der Waals surface area contributed by atoms with E-state index in [4.69, 9.17) is 0 Å². The fraction of sp³-hybridized carbons (Fsp3) is 0.429. The molecule has 0 amide bonds. The van der Waals surface area contributed by atoms with Gasteiger partial charge in [0.25, 0.3) is 0 Å². The Morgan fingerprint density at radius 3 is 1.83 bits per heavy atom. The Hall–Kier alpha value is -0.420. The van der Waals surface area contributed by atoms with Crippen molar-refractivity contribution < 1.29 is 13.2 Å². The van der Waals surface area contributed by atoms with Gasteiger partial charge in [-0.2, -0.15) is 13.2 Å². The van der Waals surface area contributed by atoms with Crippen molar-refractivity contribution in [3.63, 3.8) is 0 Å². The summed E-state index contributed by atoms with van der Waals surface area (Å²) in [4.78, 5) is 0. The average molecular weight is 197 g/mol. The van der Waals surface area contributed by atoms with Gasteiger partial charge < -0.3 is 0 Å². The lowest BCUT2D eigenvalue weighted by atomic mass is 10.5. The molecule has 0 aromatic heterocycles. The Bertz CT molecular complexity index is 145. The lowest BCUT2D eigenvalue weighted by Crippen LogP contribution is -2.21. The summed E-state index contributed by atoms with van der Waals surface area (Å²) in [6.45, 7) is 7.09. The van der Waals surface area contributed by atoms with Crippen molar-refractivity contribution >= 4 is 11.9 Å². The Balaban J connectivity index is 3.93. The third-order valence-electron chi connectivity index (χ3n) is 0.898.